The van der Waals surface area contributed by atoms with Crippen LogP contribution in [0.5, 0.6) is 0 Å². The quantitative estimate of drug-likeness (QED) is 0.864. The van der Waals surface area contributed by atoms with Crippen molar-refractivity contribution in [2.24, 2.45) is 0 Å². The minimum absolute atomic E-state index is 0.0242. The number of aryl methyl sites for hydroxylation is 1. The van der Waals surface area contributed by atoms with Crippen molar-refractivity contribution in [3.8, 4) is 0 Å². The van der Waals surface area contributed by atoms with Gasteiger partial charge in [0.2, 0.25) is 11.8 Å². The average molecular weight is 357 g/mol. The van der Waals surface area contributed by atoms with Crippen molar-refractivity contribution in [3.63, 3.8) is 0 Å². The number of piperidine rings is 2. The van der Waals surface area contributed by atoms with E-state index in [1.165, 1.54) is 0 Å². The molecule has 1 aromatic carbocycles. The van der Waals surface area contributed by atoms with E-state index in [-0.39, 0.29) is 23.8 Å². The van der Waals surface area contributed by atoms with Gasteiger partial charge >= 0.3 is 0 Å². The highest BCUT2D eigenvalue weighted by Crippen LogP contribution is 2.19. The number of carbonyl (C=O) groups excluding carboxylic acids is 3. The molecule has 3 amide bonds. The predicted octanol–water partition coefficient (Wildman–Crippen LogP) is 1.69. The zero-order valence-electron chi connectivity index (χ0n) is 15.5. The molecule has 2 heterocycles. The number of likely N-dealkylation sites (tertiary alicyclic amines) is 1. The molecule has 6 nitrogen and oxygen atoms in total. The van der Waals surface area contributed by atoms with Gasteiger partial charge in [-0.3, -0.25) is 14.4 Å². The summed E-state index contributed by atoms with van der Waals surface area (Å²) in [4.78, 5) is 38.6. The lowest BCUT2D eigenvalue weighted by Crippen LogP contribution is -2.55. The van der Waals surface area contributed by atoms with E-state index < -0.39 is 6.04 Å². The summed E-state index contributed by atoms with van der Waals surface area (Å²) >= 11 is 0. The van der Waals surface area contributed by atoms with Crippen molar-refractivity contribution in [1.29, 1.82) is 0 Å². The van der Waals surface area contributed by atoms with Gasteiger partial charge in [-0.2, -0.15) is 0 Å². The molecule has 2 aliphatic heterocycles. The molecule has 0 spiro atoms. The number of nitrogens with zero attached hydrogens (tertiary/aromatic N) is 1. The van der Waals surface area contributed by atoms with Gasteiger partial charge in [0.15, 0.2) is 0 Å². The minimum atomic E-state index is -0.443. The first kappa shape index (κ1) is 18.4. The van der Waals surface area contributed by atoms with Crippen molar-refractivity contribution in [3.05, 3.63) is 34.9 Å². The first-order valence-electron chi connectivity index (χ1n) is 9.41. The highest BCUT2D eigenvalue weighted by molar-refractivity contribution is 5.96. The number of amides is 3. The maximum absolute atomic E-state index is 12.9. The van der Waals surface area contributed by atoms with Gasteiger partial charge in [-0.25, -0.2) is 0 Å². The monoisotopic (exact) mass is 357 g/mol. The van der Waals surface area contributed by atoms with Crippen molar-refractivity contribution >= 4 is 17.7 Å². The van der Waals surface area contributed by atoms with Gasteiger partial charge in [-0.05, 0) is 56.7 Å². The number of hydrogen-bond donors (Lipinski definition) is 2. The maximum Gasteiger partial charge on any atom is 0.254 e. The van der Waals surface area contributed by atoms with Crippen molar-refractivity contribution < 1.29 is 14.4 Å². The van der Waals surface area contributed by atoms with E-state index in [2.05, 4.69) is 10.6 Å². The lowest BCUT2D eigenvalue weighted by molar-refractivity contribution is -0.131. The normalized spacial score (nSPS) is 23.3. The summed E-state index contributed by atoms with van der Waals surface area (Å²) in [5.41, 5.74) is 2.84. The number of carbonyl (C=O) groups is 3. The van der Waals surface area contributed by atoms with Crippen molar-refractivity contribution in [1.82, 2.24) is 15.5 Å². The molecule has 6 heteroatoms. The fourth-order valence-electron chi connectivity index (χ4n) is 3.74. The fourth-order valence-corrected chi connectivity index (χ4v) is 3.74. The van der Waals surface area contributed by atoms with Crippen LogP contribution in [0.15, 0.2) is 18.2 Å². The molecular formula is C20H27N3O3. The Morgan fingerprint density at radius 3 is 2.77 bits per heavy atom. The summed E-state index contributed by atoms with van der Waals surface area (Å²) in [5, 5.41) is 5.77. The van der Waals surface area contributed by atoms with E-state index >= 15 is 0 Å². The molecule has 0 unspecified atom stereocenters. The van der Waals surface area contributed by atoms with Crippen LogP contribution >= 0.6 is 0 Å². The second kappa shape index (κ2) is 7.89. The Balaban J connectivity index is 1.62. The Labute approximate surface area is 154 Å². The number of rotatable bonds is 3. The summed E-state index contributed by atoms with van der Waals surface area (Å²) in [6.45, 7) is 5.19. The first-order valence-corrected chi connectivity index (χ1v) is 9.41. The van der Waals surface area contributed by atoms with E-state index in [9.17, 15) is 14.4 Å². The van der Waals surface area contributed by atoms with E-state index in [1.807, 2.05) is 36.9 Å². The second-order valence-corrected chi connectivity index (χ2v) is 7.36. The zero-order valence-corrected chi connectivity index (χ0v) is 15.5. The molecule has 140 valence electrons. The second-order valence-electron chi connectivity index (χ2n) is 7.36. The van der Waals surface area contributed by atoms with Crippen LogP contribution in [0.1, 0.15) is 53.6 Å². The molecule has 2 atom stereocenters. The fraction of sp³-hybridized carbons (Fsp3) is 0.550. The Morgan fingerprint density at radius 1 is 1.19 bits per heavy atom. The molecule has 0 saturated carbocycles. The molecule has 0 aromatic heterocycles. The van der Waals surface area contributed by atoms with Crippen LogP contribution in [0, 0.1) is 13.8 Å². The number of benzene rings is 1. The Hall–Kier alpha value is -2.37. The molecule has 2 aliphatic rings. The summed E-state index contributed by atoms with van der Waals surface area (Å²) in [5.74, 6) is -0.174. The molecule has 2 fully saturated rings. The van der Waals surface area contributed by atoms with Crippen LogP contribution in [-0.4, -0.2) is 47.8 Å². The number of nitrogens with one attached hydrogen (secondary N) is 2. The molecule has 3 rings (SSSR count). The van der Waals surface area contributed by atoms with E-state index in [4.69, 9.17) is 0 Å². The predicted molar refractivity (Wildman–Crippen MR) is 98.8 cm³/mol. The van der Waals surface area contributed by atoms with Crippen molar-refractivity contribution in [2.75, 3.05) is 13.1 Å². The Kier molecular flexibility index (Phi) is 5.59. The third-order valence-corrected chi connectivity index (χ3v) is 5.44. The molecule has 1 aromatic rings. The molecule has 0 bridgehead atoms. The Bertz CT molecular complexity index is 716. The van der Waals surface area contributed by atoms with Crippen LogP contribution in [0.4, 0.5) is 0 Å². The van der Waals surface area contributed by atoms with Crippen LogP contribution in [-0.2, 0) is 9.59 Å². The Morgan fingerprint density at radius 2 is 2.00 bits per heavy atom. The minimum Gasteiger partial charge on any atom is -0.350 e. The van der Waals surface area contributed by atoms with Gasteiger partial charge in [0.05, 0.1) is 0 Å². The van der Waals surface area contributed by atoms with Gasteiger partial charge < -0.3 is 15.5 Å². The van der Waals surface area contributed by atoms with E-state index in [0.717, 1.165) is 36.0 Å². The molecule has 2 N–H and O–H groups in total. The molecule has 2 saturated heterocycles. The third-order valence-electron chi connectivity index (χ3n) is 5.44. The van der Waals surface area contributed by atoms with E-state index in [0.29, 0.717) is 25.9 Å². The van der Waals surface area contributed by atoms with Crippen LogP contribution in [0.25, 0.3) is 0 Å². The lowest BCUT2D eigenvalue weighted by atomic mass is 9.99. The largest absolute Gasteiger partial charge is 0.350 e. The maximum atomic E-state index is 12.9. The summed E-state index contributed by atoms with van der Waals surface area (Å²) < 4.78 is 0. The summed E-state index contributed by atoms with van der Waals surface area (Å²) in [6, 6.07) is 5.27. The van der Waals surface area contributed by atoms with Gasteiger partial charge in [-0.15, -0.1) is 0 Å². The highest BCUT2D eigenvalue weighted by Gasteiger charge is 2.30. The smallest absolute Gasteiger partial charge is 0.254 e. The average Bonchev–Trinajstić information content (AvgIpc) is 2.63. The van der Waals surface area contributed by atoms with Crippen LogP contribution in [0.3, 0.4) is 0 Å². The van der Waals surface area contributed by atoms with Crippen molar-refractivity contribution in [2.45, 2.75) is 58.0 Å². The lowest BCUT2D eigenvalue weighted by Gasteiger charge is -2.34. The molecular weight excluding hydrogens is 330 g/mol. The molecule has 0 aliphatic carbocycles. The van der Waals surface area contributed by atoms with Gasteiger partial charge in [0.25, 0.3) is 5.91 Å². The van der Waals surface area contributed by atoms with Gasteiger partial charge in [-0.1, -0.05) is 12.1 Å². The van der Waals surface area contributed by atoms with Gasteiger partial charge in [0.1, 0.15) is 6.04 Å². The number of hydrogen-bond acceptors (Lipinski definition) is 3. The summed E-state index contributed by atoms with van der Waals surface area (Å²) in [6.07, 6.45) is 3.62. The molecule has 0 radical (unpaired) electrons. The van der Waals surface area contributed by atoms with Crippen LogP contribution in [0.2, 0.25) is 0 Å². The zero-order chi connectivity index (χ0) is 18.7. The third kappa shape index (κ3) is 4.06. The first-order chi connectivity index (χ1) is 12.5. The SMILES string of the molecule is Cc1cccc(C(=O)N2CCC[C@H](NC(=O)[C@H]3CCCC(=O)N3)C2)c1C. The standard InChI is InChI=1S/C20H27N3O3/c1-13-6-3-8-16(14(13)2)20(26)23-11-5-7-15(12-23)21-19(25)17-9-4-10-18(24)22-17/h3,6,8,15,17H,4-5,7,9-12H2,1-2H3,(H,21,25)(H,22,24)/t15-,17+/m0/s1. The molecule has 26 heavy (non-hydrogen) atoms. The summed E-state index contributed by atoms with van der Waals surface area (Å²) in [7, 11) is 0. The van der Waals surface area contributed by atoms with Crippen LogP contribution < -0.4 is 10.6 Å². The highest BCUT2D eigenvalue weighted by atomic mass is 16.2. The topological polar surface area (TPSA) is 78.5 Å². The van der Waals surface area contributed by atoms with E-state index in [1.54, 1.807) is 0 Å². The van der Waals surface area contributed by atoms with Gasteiger partial charge in [0, 0.05) is 31.1 Å².